The van der Waals surface area contributed by atoms with E-state index in [1.54, 1.807) is 6.08 Å². The van der Waals surface area contributed by atoms with E-state index in [0.717, 1.165) is 83.5 Å². The van der Waals surface area contributed by atoms with Crippen LogP contribution in [0.3, 0.4) is 0 Å². The van der Waals surface area contributed by atoms with Crippen LogP contribution in [0.25, 0.3) is 0 Å². The van der Waals surface area contributed by atoms with Gasteiger partial charge in [-0.3, -0.25) is 4.79 Å². The molecule has 488 valence electrons. The van der Waals surface area contributed by atoms with Crippen molar-refractivity contribution in [2.24, 2.45) is 0 Å². The predicted octanol–water partition coefficient (Wildman–Crippen LogP) is 7.21. The smallest absolute Gasteiger partial charge is 0.220 e. The second-order valence-electron chi connectivity index (χ2n) is 23.2. The number of carbonyl (C=O) groups excluding carboxylic acids is 1. The first kappa shape index (κ1) is 75.7. The SMILES string of the molecule is CCCCCC/C=C\C/C=C\CCCCCCCCCC(=O)NC(COC1OC(CO)C(OC2OC(CO)C(OC3OC(CO)C(O)C(O)C3O)C(O)C2O)C(O)C1O)C(O)/C=C/CC/C=C/CC/C=C/CCCCCCCCCCCCC. The van der Waals surface area contributed by atoms with Gasteiger partial charge in [0.05, 0.1) is 38.6 Å². The van der Waals surface area contributed by atoms with Crippen molar-refractivity contribution in [1.82, 2.24) is 5.32 Å². The van der Waals surface area contributed by atoms with Gasteiger partial charge in [0, 0.05) is 6.42 Å². The lowest BCUT2D eigenvalue weighted by atomic mass is 9.96. The maximum Gasteiger partial charge on any atom is 0.220 e. The molecule has 0 aliphatic carbocycles. The molecule has 3 rings (SSSR count). The van der Waals surface area contributed by atoms with Crippen molar-refractivity contribution in [2.45, 2.75) is 317 Å². The van der Waals surface area contributed by atoms with E-state index in [1.165, 1.54) is 96.3 Å². The maximum absolute atomic E-state index is 13.4. The molecule has 17 atom stereocenters. The van der Waals surface area contributed by atoms with Gasteiger partial charge in [-0.25, -0.2) is 0 Å². The number of amides is 1. The van der Waals surface area contributed by atoms with Gasteiger partial charge in [-0.15, -0.1) is 0 Å². The molecule has 19 heteroatoms. The van der Waals surface area contributed by atoms with E-state index in [2.05, 4.69) is 67.8 Å². The molecule has 19 nitrogen and oxygen atoms in total. The third kappa shape index (κ3) is 30.1. The zero-order chi connectivity index (χ0) is 61.2. The number of aliphatic hydroxyl groups is 11. The van der Waals surface area contributed by atoms with Crippen LogP contribution in [-0.2, 0) is 33.2 Å². The molecule has 1 amide bonds. The van der Waals surface area contributed by atoms with Crippen molar-refractivity contribution in [3.63, 3.8) is 0 Å². The Balaban J connectivity index is 1.50. The lowest BCUT2D eigenvalue weighted by Crippen LogP contribution is -2.66. The van der Waals surface area contributed by atoms with Gasteiger partial charge in [0.1, 0.15) is 73.2 Å². The normalized spacial score (nSPS) is 29.6. The minimum Gasteiger partial charge on any atom is -0.394 e. The summed E-state index contributed by atoms with van der Waals surface area (Å²) in [7, 11) is 0. The number of hydrogen-bond donors (Lipinski definition) is 12. The molecule has 17 unspecified atom stereocenters. The summed E-state index contributed by atoms with van der Waals surface area (Å²) in [4.78, 5) is 13.4. The summed E-state index contributed by atoms with van der Waals surface area (Å²) in [5.74, 6) is -0.299. The topological polar surface area (TPSA) is 307 Å². The lowest BCUT2D eigenvalue weighted by Gasteiger charge is -2.48. The molecule has 0 aromatic rings. The van der Waals surface area contributed by atoms with Crippen molar-refractivity contribution < 1.29 is 89.4 Å². The Morgan fingerprint density at radius 2 is 0.798 bits per heavy atom. The van der Waals surface area contributed by atoms with Gasteiger partial charge in [-0.2, -0.15) is 0 Å². The van der Waals surface area contributed by atoms with Gasteiger partial charge in [-0.1, -0.05) is 190 Å². The van der Waals surface area contributed by atoms with Gasteiger partial charge < -0.3 is 89.9 Å². The van der Waals surface area contributed by atoms with Crippen molar-refractivity contribution in [1.29, 1.82) is 0 Å². The maximum atomic E-state index is 13.4. The Bertz CT molecular complexity index is 1770. The Kier molecular flexibility index (Phi) is 42.8. The van der Waals surface area contributed by atoms with Gasteiger partial charge in [0.15, 0.2) is 18.9 Å². The molecule has 3 saturated heterocycles. The number of allylic oxidation sites excluding steroid dienone is 9. The Labute approximate surface area is 503 Å². The fraction of sp³-hybridized carbons (Fsp3) is 0.831. The minimum absolute atomic E-state index is 0.221. The van der Waals surface area contributed by atoms with Crippen LogP contribution in [-0.4, -0.2) is 193 Å². The van der Waals surface area contributed by atoms with Gasteiger partial charge in [-0.05, 0) is 77.0 Å². The van der Waals surface area contributed by atoms with Crippen LogP contribution in [0.5, 0.6) is 0 Å². The Morgan fingerprint density at radius 1 is 0.429 bits per heavy atom. The molecule has 3 aliphatic heterocycles. The highest BCUT2D eigenvalue weighted by Gasteiger charge is 2.53. The van der Waals surface area contributed by atoms with E-state index in [-0.39, 0.29) is 18.9 Å². The first-order valence-corrected chi connectivity index (χ1v) is 32.5. The van der Waals surface area contributed by atoms with Crippen molar-refractivity contribution in [3.05, 3.63) is 60.8 Å². The minimum atomic E-state index is -1.98. The second kappa shape index (κ2) is 47.5. The number of carbonyl (C=O) groups is 1. The van der Waals surface area contributed by atoms with Crippen LogP contribution in [0.4, 0.5) is 0 Å². The highest BCUT2D eigenvalue weighted by Crippen LogP contribution is 2.33. The molecular formula is C65H115NO18. The quantitative estimate of drug-likeness (QED) is 0.0211. The first-order valence-electron chi connectivity index (χ1n) is 32.5. The average Bonchev–Trinajstić information content (AvgIpc) is 2.97. The molecule has 84 heavy (non-hydrogen) atoms. The third-order valence-corrected chi connectivity index (χ3v) is 16.0. The number of rotatable bonds is 48. The molecule has 12 N–H and O–H groups in total. The van der Waals surface area contributed by atoms with Crippen molar-refractivity contribution in [2.75, 3.05) is 26.4 Å². The van der Waals surface area contributed by atoms with Gasteiger partial charge in [0.25, 0.3) is 0 Å². The fourth-order valence-corrected chi connectivity index (χ4v) is 10.7. The molecule has 0 aromatic heterocycles. The molecule has 0 bridgehead atoms. The number of ether oxygens (including phenoxy) is 6. The fourth-order valence-electron chi connectivity index (χ4n) is 10.7. The molecule has 3 heterocycles. The molecule has 3 aliphatic rings. The monoisotopic (exact) mass is 1200 g/mol. The molecule has 0 radical (unpaired) electrons. The highest BCUT2D eigenvalue weighted by molar-refractivity contribution is 5.76. The summed E-state index contributed by atoms with van der Waals surface area (Å²) < 4.78 is 34.3. The van der Waals surface area contributed by atoms with E-state index >= 15 is 0 Å². The summed E-state index contributed by atoms with van der Waals surface area (Å²) in [6, 6.07) is -1.00. The summed E-state index contributed by atoms with van der Waals surface area (Å²) in [6.07, 6.45) is 29.1. The third-order valence-electron chi connectivity index (χ3n) is 16.0. The first-order chi connectivity index (χ1) is 40.8. The summed E-state index contributed by atoms with van der Waals surface area (Å²) >= 11 is 0. The van der Waals surface area contributed by atoms with E-state index in [0.29, 0.717) is 12.8 Å². The van der Waals surface area contributed by atoms with Crippen LogP contribution < -0.4 is 5.32 Å². The summed E-state index contributed by atoms with van der Waals surface area (Å²) in [5, 5.41) is 120. The van der Waals surface area contributed by atoms with Crippen LogP contribution in [0.1, 0.15) is 213 Å². The van der Waals surface area contributed by atoms with Crippen LogP contribution in [0.15, 0.2) is 60.8 Å². The van der Waals surface area contributed by atoms with Crippen LogP contribution in [0.2, 0.25) is 0 Å². The number of hydrogen-bond acceptors (Lipinski definition) is 18. The van der Waals surface area contributed by atoms with E-state index in [9.17, 15) is 61.0 Å². The van der Waals surface area contributed by atoms with Crippen LogP contribution >= 0.6 is 0 Å². The number of nitrogens with one attached hydrogen (secondary N) is 1. The zero-order valence-electron chi connectivity index (χ0n) is 51.1. The largest absolute Gasteiger partial charge is 0.394 e. The predicted molar refractivity (Wildman–Crippen MR) is 323 cm³/mol. The van der Waals surface area contributed by atoms with Gasteiger partial charge >= 0.3 is 0 Å². The zero-order valence-corrected chi connectivity index (χ0v) is 51.1. The molecule has 0 aromatic carbocycles. The molecule has 0 saturated carbocycles. The van der Waals surface area contributed by atoms with Crippen molar-refractivity contribution in [3.8, 4) is 0 Å². The number of aliphatic hydroxyl groups excluding tert-OH is 11. The summed E-state index contributed by atoms with van der Waals surface area (Å²) in [5.41, 5.74) is 0. The van der Waals surface area contributed by atoms with Crippen molar-refractivity contribution >= 4 is 5.91 Å². The number of unbranched alkanes of at least 4 members (excludes halogenated alkanes) is 24. The average molecular weight is 1200 g/mol. The Morgan fingerprint density at radius 3 is 1.27 bits per heavy atom. The second-order valence-corrected chi connectivity index (χ2v) is 23.2. The van der Waals surface area contributed by atoms with E-state index < -0.39 is 124 Å². The molecular weight excluding hydrogens is 1080 g/mol. The van der Waals surface area contributed by atoms with E-state index in [1.807, 2.05) is 6.08 Å². The Hall–Kier alpha value is -2.51. The van der Waals surface area contributed by atoms with Gasteiger partial charge in [0.2, 0.25) is 5.91 Å². The molecule has 3 fully saturated rings. The van der Waals surface area contributed by atoms with E-state index in [4.69, 9.17) is 28.4 Å². The highest BCUT2D eigenvalue weighted by atomic mass is 16.8. The van der Waals surface area contributed by atoms with Crippen LogP contribution in [0, 0.1) is 0 Å². The summed E-state index contributed by atoms with van der Waals surface area (Å²) in [6.45, 7) is 1.67. The lowest BCUT2D eigenvalue weighted by molar-refractivity contribution is -0.379. The standard InChI is InChI=1S/C65H115NO18/c1-3-5-7-9-11-13-15-17-19-21-23-24-25-26-28-30-32-34-36-38-40-42-49(70)48(66-53(71)43-41-39-37-35-33-31-29-27-22-20-18-16-14-12-10-8-6-4-2)47-79-63-59(77)56(74)61(51(45-68)81-63)84-65-60(78)57(75)62(52(46-69)82-65)83-64-58(76)55(73)54(72)50(44-67)80-64/h14,16,20,22,25-26,32,34,40,42,48-52,54-65,67-70,72-78H,3-13,15,17-19,21,23-24,27-31,33,35-39,41,43-47H2,1-2H3,(H,66,71)/b16-14-,22-20-,26-25+,34-32+,42-40+. The molecule has 0 spiro atoms.